The first-order valence-corrected chi connectivity index (χ1v) is 17.8. The minimum atomic E-state index is -1.10. The summed E-state index contributed by atoms with van der Waals surface area (Å²) in [4.78, 5) is 66.2. The molecule has 44 heavy (non-hydrogen) atoms. The van der Waals surface area contributed by atoms with E-state index in [0.717, 1.165) is 32.1 Å². The second-order valence-corrected chi connectivity index (χ2v) is 15.3. The molecule has 1 aliphatic carbocycles. The van der Waals surface area contributed by atoms with Crippen molar-refractivity contribution in [3.63, 3.8) is 0 Å². The summed E-state index contributed by atoms with van der Waals surface area (Å²) >= 11 is 0. The number of amides is 5. The summed E-state index contributed by atoms with van der Waals surface area (Å²) in [6.45, 7) is 17.4. The molecule has 1 saturated heterocycles. The molecule has 2 aliphatic rings. The van der Waals surface area contributed by atoms with Crippen LogP contribution in [0.1, 0.15) is 114 Å². The van der Waals surface area contributed by atoms with Gasteiger partial charge in [-0.15, -0.1) is 0 Å². The third kappa shape index (κ3) is 11.5. The lowest BCUT2D eigenvalue weighted by molar-refractivity contribution is -0.145. The zero-order valence-corrected chi connectivity index (χ0v) is 29.3. The van der Waals surface area contributed by atoms with Crippen LogP contribution in [0.3, 0.4) is 0 Å². The Morgan fingerprint density at radius 3 is 1.91 bits per heavy atom. The number of nitrogens with two attached hydrogens (primary N) is 1. The highest BCUT2D eigenvalue weighted by molar-refractivity contribution is 7.86. The molecule has 0 spiro atoms. The van der Waals surface area contributed by atoms with Gasteiger partial charge in [-0.05, 0) is 49.9 Å². The first-order chi connectivity index (χ1) is 20.5. The molecule has 1 aliphatic heterocycles. The molecule has 0 aromatic rings. The molecule has 5 N–H and O–H groups in total. The summed E-state index contributed by atoms with van der Waals surface area (Å²) in [7, 11) is -1.02. The molecule has 0 aromatic heterocycles. The molecule has 0 radical (unpaired) electrons. The quantitative estimate of drug-likeness (QED) is 0.212. The Morgan fingerprint density at radius 2 is 1.52 bits per heavy atom. The maximum Gasteiger partial charge on any atom is 0.315 e. The number of likely N-dealkylation sites (N-methyl/N-ethyl adjacent to an activating group) is 1. The maximum atomic E-state index is 14.0. The van der Waals surface area contributed by atoms with Gasteiger partial charge in [0.05, 0.1) is 11.3 Å². The van der Waals surface area contributed by atoms with Crippen molar-refractivity contribution in [2.24, 2.45) is 23.0 Å². The van der Waals surface area contributed by atoms with Crippen molar-refractivity contribution in [2.75, 3.05) is 12.3 Å². The van der Waals surface area contributed by atoms with Crippen LogP contribution in [-0.2, 0) is 30.0 Å². The van der Waals surface area contributed by atoms with Crippen LogP contribution in [0.15, 0.2) is 0 Å². The van der Waals surface area contributed by atoms with Gasteiger partial charge in [0.15, 0.2) is 0 Å². The van der Waals surface area contributed by atoms with E-state index >= 15 is 0 Å². The molecule has 11 nitrogen and oxygen atoms in total. The van der Waals surface area contributed by atoms with E-state index in [-0.39, 0.29) is 36.1 Å². The molecular weight excluding hydrogens is 582 g/mol. The van der Waals surface area contributed by atoms with E-state index in [2.05, 4.69) is 29.8 Å². The van der Waals surface area contributed by atoms with E-state index < -0.39 is 63.9 Å². The van der Waals surface area contributed by atoms with E-state index in [1.807, 2.05) is 34.6 Å². The van der Waals surface area contributed by atoms with Crippen molar-refractivity contribution in [2.45, 2.75) is 143 Å². The van der Waals surface area contributed by atoms with Crippen LogP contribution in [0.2, 0.25) is 0 Å². The highest BCUT2D eigenvalue weighted by Gasteiger charge is 2.41. The van der Waals surface area contributed by atoms with E-state index in [1.165, 1.54) is 11.3 Å². The molecule has 254 valence electrons. The number of ketones is 1. The molecule has 2 rings (SSSR count). The number of Topliss-reactive ketones (excluding diaryl/α,β-unsaturated/α-hetero) is 1. The Hall–Kier alpha value is -2.50. The number of nitrogens with one attached hydrogen (secondary N) is 3. The summed E-state index contributed by atoms with van der Waals surface area (Å²) in [5.41, 5.74) is 4.56. The standard InChI is InChI=1S/C29H51N5O6S.C3H8/c1-8-20(26(37)31-19(23(35)25(30)36)16-18-12-10-13-18)34(9-2)27(38)24(29(5,6)7)33-28(39)32-22(17(3)4)21-14-11-15-41(21)40;1-3-2/h17-22,24H,8-16H2,1-7H3,(H2,30,36)(H,31,37)(H2,32,33,39);3H2,1-2H3. The predicted octanol–water partition coefficient (Wildman–Crippen LogP) is 3.41. The Balaban J connectivity index is 0.00000309. The lowest BCUT2D eigenvalue weighted by atomic mass is 9.80. The Labute approximate surface area is 267 Å². The van der Waals surface area contributed by atoms with Crippen LogP contribution >= 0.6 is 0 Å². The van der Waals surface area contributed by atoms with Crippen molar-refractivity contribution in [3.8, 4) is 0 Å². The second kappa shape index (κ2) is 18.5. The average molecular weight is 642 g/mol. The Bertz CT molecular complexity index is 1010. The minimum Gasteiger partial charge on any atom is -0.363 e. The van der Waals surface area contributed by atoms with E-state index in [4.69, 9.17) is 5.73 Å². The van der Waals surface area contributed by atoms with Crippen LogP contribution < -0.4 is 21.7 Å². The molecule has 12 heteroatoms. The molecule has 2 fully saturated rings. The summed E-state index contributed by atoms with van der Waals surface area (Å²) in [6.07, 6.45) is 6.35. The normalized spacial score (nSPS) is 21.0. The van der Waals surface area contributed by atoms with Gasteiger partial charge in [0.25, 0.3) is 5.91 Å². The Morgan fingerprint density at radius 1 is 0.932 bits per heavy atom. The zero-order valence-electron chi connectivity index (χ0n) is 28.5. The molecule has 6 unspecified atom stereocenters. The van der Waals surface area contributed by atoms with Crippen molar-refractivity contribution >= 4 is 40.3 Å². The van der Waals surface area contributed by atoms with Crippen LogP contribution in [0, 0.1) is 17.3 Å². The number of nitrogens with zero attached hydrogens (tertiary/aromatic N) is 1. The summed E-state index contributed by atoms with van der Waals surface area (Å²) in [5, 5.41) is 8.37. The van der Waals surface area contributed by atoms with Crippen LogP contribution in [-0.4, -0.2) is 80.4 Å². The minimum absolute atomic E-state index is 0.0490. The van der Waals surface area contributed by atoms with Gasteiger partial charge >= 0.3 is 6.03 Å². The van der Waals surface area contributed by atoms with Crippen molar-refractivity contribution in [1.29, 1.82) is 0 Å². The van der Waals surface area contributed by atoms with Crippen LogP contribution in [0.5, 0.6) is 0 Å². The van der Waals surface area contributed by atoms with Crippen LogP contribution in [0.25, 0.3) is 0 Å². The summed E-state index contributed by atoms with van der Waals surface area (Å²) in [6, 6.07) is -3.76. The molecule has 0 bridgehead atoms. The fourth-order valence-corrected chi connectivity index (χ4v) is 7.58. The monoisotopic (exact) mass is 641 g/mol. The first-order valence-electron chi connectivity index (χ1n) is 16.4. The van der Waals surface area contributed by atoms with Gasteiger partial charge in [-0.1, -0.05) is 81.1 Å². The van der Waals surface area contributed by atoms with Gasteiger partial charge in [-0.2, -0.15) is 0 Å². The highest BCUT2D eigenvalue weighted by atomic mass is 32.2. The molecule has 5 amide bonds. The fourth-order valence-electron chi connectivity index (χ4n) is 5.69. The van der Waals surface area contributed by atoms with Crippen molar-refractivity contribution < 1.29 is 28.2 Å². The third-order valence-corrected chi connectivity index (χ3v) is 10.2. The first kappa shape index (κ1) is 39.5. The lowest BCUT2D eigenvalue weighted by Gasteiger charge is -2.38. The number of hydrogen-bond donors (Lipinski definition) is 4. The maximum absolute atomic E-state index is 14.0. The number of primary amides is 1. The van der Waals surface area contributed by atoms with Crippen molar-refractivity contribution in [1.82, 2.24) is 20.9 Å². The number of hydrogen-bond acceptors (Lipinski definition) is 6. The smallest absolute Gasteiger partial charge is 0.315 e. The molecule has 6 atom stereocenters. The summed E-state index contributed by atoms with van der Waals surface area (Å²) < 4.78 is 12.5. The van der Waals surface area contributed by atoms with Gasteiger partial charge < -0.3 is 26.6 Å². The Kier molecular flexibility index (Phi) is 16.6. The molecular formula is C32H59N5O6S. The molecule has 0 aromatic carbocycles. The van der Waals surface area contributed by atoms with Crippen molar-refractivity contribution in [3.05, 3.63) is 0 Å². The SMILES string of the molecule is CCC.CCC(C(=O)NC(CC1CCC1)C(=O)C(N)=O)N(CC)C(=O)C(NC(=O)NC(C(C)C)C1CCCS1=O)C(C)(C)C. The van der Waals surface area contributed by atoms with Gasteiger partial charge in [0.2, 0.25) is 17.6 Å². The second-order valence-electron chi connectivity index (χ2n) is 13.5. The van der Waals surface area contributed by atoms with Gasteiger partial charge in [0.1, 0.15) is 12.1 Å². The molecule has 1 heterocycles. The number of rotatable bonds is 14. The molecule has 1 saturated carbocycles. The number of urea groups is 1. The number of carbonyl (C=O) groups is 5. The highest BCUT2D eigenvalue weighted by Crippen LogP contribution is 2.31. The van der Waals surface area contributed by atoms with Gasteiger partial charge in [-0.25, -0.2) is 4.79 Å². The number of carbonyl (C=O) groups excluding carboxylic acids is 5. The summed E-state index contributed by atoms with van der Waals surface area (Å²) in [5.74, 6) is -2.01. The topological polar surface area (TPSA) is 168 Å². The zero-order chi connectivity index (χ0) is 33.8. The van der Waals surface area contributed by atoms with Gasteiger partial charge in [-0.3, -0.25) is 23.4 Å². The largest absolute Gasteiger partial charge is 0.363 e. The van der Waals surface area contributed by atoms with E-state index in [1.54, 1.807) is 13.8 Å². The average Bonchev–Trinajstić information content (AvgIpc) is 3.33. The van der Waals surface area contributed by atoms with E-state index in [0.29, 0.717) is 12.2 Å². The van der Waals surface area contributed by atoms with Crippen LogP contribution in [0.4, 0.5) is 4.79 Å². The van der Waals surface area contributed by atoms with Gasteiger partial charge in [0, 0.05) is 29.1 Å². The fraction of sp³-hybridized carbons (Fsp3) is 0.844. The lowest BCUT2D eigenvalue weighted by Crippen LogP contribution is -2.62. The van der Waals surface area contributed by atoms with E-state index in [9.17, 15) is 28.2 Å². The predicted molar refractivity (Wildman–Crippen MR) is 175 cm³/mol. The third-order valence-electron chi connectivity index (χ3n) is 8.34.